The number of non-ortho nitro benzene ring substituents is 1. The molecule has 1 N–H and O–H groups in total. The molecule has 110 valence electrons. The van der Waals surface area contributed by atoms with Gasteiger partial charge in [0.05, 0.1) is 4.92 Å². The molecule has 1 atom stereocenters. The van der Waals surface area contributed by atoms with E-state index in [1.807, 2.05) is 13.0 Å². The molecule has 0 aromatic heterocycles. The van der Waals surface area contributed by atoms with E-state index in [9.17, 15) is 14.5 Å². The van der Waals surface area contributed by atoms with Crippen LogP contribution in [0, 0.1) is 15.9 Å². The minimum Gasteiger partial charge on any atom is -0.310 e. The van der Waals surface area contributed by atoms with Crippen LogP contribution in [-0.2, 0) is 6.42 Å². The molecule has 0 aliphatic heterocycles. The van der Waals surface area contributed by atoms with Gasteiger partial charge in [0.2, 0.25) is 0 Å². The summed E-state index contributed by atoms with van der Waals surface area (Å²) in [7, 11) is 0. The molecule has 2 rings (SSSR count). The minimum atomic E-state index is -0.419. The van der Waals surface area contributed by atoms with E-state index in [0.29, 0.717) is 6.42 Å². The molecular formula is C16H17FN2O2. The Kier molecular flexibility index (Phi) is 5.00. The lowest BCUT2D eigenvalue weighted by Gasteiger charge is -2.18. The Balaban J connectivity index is 2.17. The number of nitrogens with zero attached hydrogens (tertiary/aromatic N) is 1. The maximum Gasteiger partial charge on any atom is 0.269 e. The van der Waals surface area contributed by atoms with E-state index in [4.69, 9.17) is 0 Å². The molecule has 0 aliphatic carbocycles. The first-order valence-corrected chi connectivity index (χ1v) is 6.82. The number of benzene rings is 2. The van der Waals surface area contributed by atoms with E-state index in [1.54, 1.807) is 18.2 Å². The lowest BCUT2D eigenvalue weighted by molar-refractivity contribution is -0.384. The van der Waals surface area contributed by atoms with Gasteiger partial charge < -0.3 is 5.32 Å². The van der Waals surface area contributed by atoms with Crippen molar-refractivity contribution in [2.75, 3.05) is 6.54 Å². The first-order valence-electron chi connectivity index (χ1n) is 6.82. The van der Waals surface area contributed by atoms with Gasteiger partial charge in [-0.3, -0.25) is 10.1 Å². The van der Waals surface area contributed by atoms with Gasteiger partial charge in [-0.2, -0.15) is 0 Å². The lowest BCUT2D eigenvalue weighted by atomic mass is 9.98. The van der Waals surface area contributed by atoms with Gasteiger partial charge in [-0.05, 0) is 36.2 Å². The van der Waals surface area contributed by atoms with E-state index < -0.39 is 4.92 Å². The van der Waals surface area contributed by atoms with Crippen molar-refractivity contribution < 1.29 is 9.31 Å². The summed E-state index contributed by atoms with van der Waals surface area (Å²) in [4.78, 5) is 10.2. The van der Waals surface area contributed by atoms with Gasteiger partial charge in [0.15, 0.2) is 0 Å². The highest BCUT2D eigenvalue weighted by atomic mass is 19.1. The van der Waals surface area contributed by atoms with Gasteiger partial charge in [0.1, 0.15) is 5.82 Å². The van der Waals surface area contributed by atoms with E-state index in [-0.39, 0.29) is 17.5 Å². The number of nitrogens with one attached hydrogen (secondary N) is 1. The van der Waals surface area contributed by atoms with Crippen molar-refractivity contribution in [3.8, 4) is 0 Å². The van der Waals surface area contributed by atoms with Gasteiger partial charge in [-0.1, -0.05) is 31.2 Å². The summed E-state index contributed by atoms with van der Waals surface area (Å²) >= 11 is 0. The number of nitro groups is 1. The molecule has 0 saturated heterocycles. The third-order valence-electron chi connectivity index (χ3n) is 3.29. The summed E-state index contributed by atoms with van der Waals surface area (Å²) in [5.41, 5.74) is 1.91. The molecule has 2 aromatic rings. The van der Waals surface area contributed by atoms with Crippen LogP contribution in [0.3, 0.4) is 0 Å². The molecule has 1 unspecified atom stereocenters. The van der Waals surface area contributed by atoms with E-state index in [1.165, 1.54) is 24.3 Å². The SMILES string of the molecule is CCNC(Cc1ccc([N+](=O)[O-])cc1)c1cccc(F)c1. The molecule has 0 spiro atoms. The summed E-state index contributed by atoms with van der Waals surface area (Å²) in [5.74, 6) is -0.265. The maximum absolute atomic E-state index is 13.3. The second-order valence-electron chi connectivity index (χ2n) is 4.79. The molecule has 0 aliphatic rings. The van der Waals surface area contributed by atoms with Crippen molar-refractivity contribution in [2.45, 2.75) is 19.4 Å². The summed E-state index contributed by atoms with van der Waals surface area (Å²) in [6.07, 6.45) is 0.648. The van der Waals surface area contributed by atoms with Gasteiger partial charge in [0, 0.05) is 18.2 Å². The Hall–Kier alpha value is -2.27. The van der Waals surface area contributed by atoms with Crippen LogP contribution in [0.1, 0.15) is 24.1 Å². The van der Waals surface area contributed by atoms with Crippen LogP contribution < -0.4 is 5.32 Å². The predicted molar refractivity (Wildman–Crippen MR) is 79.6 cm³/mol. The quantitative estimate of drug-likeness (QED) is 0.652. The molecule has 0 bridgehead atoms. The normalized spacial score (nSPS) is 12.1. The Morgan fingerprint density at radius 3 is 2.52 bits per heavy atom. The van der Waals surface area contributed by atoms with Crippen molar-refractivity contribution >= 4 is 5.69 Å². The molecule has 0 fully saturated rings. The maximum atomic E-state index is 13.3. The fourth-order valence-electron chi connectivity index (χ4n) is 2.27. The van der Waals surface area contributed by atoms with E-state index in [2.05, 4.69) is 5.32 Å². The number of likely N-dealkylation sites (N-methyl/N-ethyl adjacent to an activating group) is 1. The summed E-state index contributed by atoms with van der Waals surface area (Å²) in [5, 5.41) is 14.0. The van der Waals surface area contributed by atoms with Gasteiger partial charge in [0.25, 0.3) is 5.69 Å². The largest absolute Gasteiger partial charge is 0.310 e. The standard InChI is InChI=1S/C16H17FN2O2/c1-2-18-16(13-4-3-5-14(17)11-13)10-12-6-8-15(9-7-12)19(20)21/h3-9,11,16,18H,2,10H2,1H3. The average molecular weight is 288 g/mol. The van der Waals surface area contributed by atoms with Crippen LogP contribution in [0.4, 0.5) is 10.1 Å². The van der Waals surface area contributed by atoms with Crippen LogP contribution in [0.15, 0.2) is 48.5 Å². The monoisotopic (exact) mass is 288 g/mol. The zero-order chi connectivity index (χ0) is 15.2. The zero-order valence-corrected chi connectivity index (χ0v) is 11.8. The smallest absolute Gasteiger partial charge is 0.269 e. The fraction of sp³-hybridized carbons (Fsp3) is 0.250. The van der Waals surface area contributed by atoms with Crippen LogP contribution >= 0.6 is 0 Å². The van der Waals surface area contributed by atoms with Crippen molar-refractivity contribution in [2.24, 2.45) is 0 Å². The molecule has 0 heterocycles. The van der Waals surface area contributed by atoms with Crippen LogP contribution in [0.5, 0.6) is 0 Å². The second kappa shape index (κ2) is 6.95. The van der Waals surface area contributed by atoms with Crippen molar-refractivity contribution in [3.05, 3.63) is 75.6 Å². The lowest BCUT2D eigenvalue weighted by Crippen LogP contribution is -2.23. The molecule has 0 saturated carbocycles. The Bertz CT molecular complexity index is 614. The number of hydrogen-bond acceptors (Lipinski definition) is 3. The van der Waals surface area contributed by atoms with E-state index >= 15 is 0 Å². The highest BCUT2D eigenvalue weighted by Gasteiger charge is 2.13. The van der Waals surface area contributed by atoms with Crippen molar-refractivity contribution in [1.29, 1.82) is 0 Å². The highest BCUT2D eigenvalue weighted by Crippen LogP contribution is 2.21. The first kappa shape index (κ1) is 15.1. The molecule has 0 radical (unpaired) electrons. The number of nitro benzene ring substituents is 1. The molecule has 0 amide bonds. The average Bonchev–Trinajstić information content (AvgIpc) is 2.47. The molecule has 4 nitrogen and oxygen atoms in total. The third-order valence-corrected chi connectivity index (χ3v) is 3.29. The zero-order valence-electron chi connectivity index (χ0n) is 11.8. The number of rotatable bonds is 6. The first-order chi connectivity index (χ1) is 10.1. The summed E-state index contributed by atoms with van der Waals surface area (Å²) in [6.45, 7) is 2.75. The topological polar surface area (TPSA) is 55.2 Å². The Morgan fingerprint density at radius 1 is 1.24 bits per heavy atom. The minimum absolute atomic E-state index is 0.0212. The van der Waals surface area contributed by atoms with Crippen molar-refractivity contribution in [1.82, 2.24) is 5.32 Å². The fourth-order valence-corrected chi connectivity index (χ4v) is 2.27. The van der Waals surface area contributed by atoms with Gasteiger partial charge in [-0.25, -0.2) is 4.39 Å². The Morgan fingerprint density at radius 2 is 1.95 bits per heavy atom. The van der Waals surface area contributed by atoms with Crippen LogP contribution in [-0.4, -0.2) is 11.5 Å². The third kappa shape index (κ3) is 4.10. The second-order valence-corrected chi connectivity index (χ2v) is 4.79. The molecule has 2 aromatic carbocycles. The Labute approximate surface area is 122 Å². The van der Waals surface area contributed by atoms with E-state index in [0.717, 1.165) is 17.7 Å². The number of halogens is 1. The van der Waals surface area contributed by atoms with Crippen LogP contribution in [0.2, 0.25) is 0 Å². The molecular weight excluding hydrogens is 271 g/mol. The highest BCUT2D eigenvalue weighted by molar-refractivity contribution is 5.34. The van der Waals surface area contributed by atoms with Crippen LogP contribution in [0.25, 0.3) is 0 Å². The molecule has 5 heteroatoms. The van der Waals surface area contributed by atoms with Gasteiger partial charge in [-0.15, -0.1) is 0 Å². The van der Waals surface area contributed by atoms with Crippen molar-refractivity contribution in [3.63, 3.8) is 0 Å². The number of hydrogen-bond donors (Lipinski definition) is 1. The summed E-state index contributed by atoms with van der Waals surface area (Å²) in [6, 6.07) is 12.9. The predicted octanol–water partition coefficient (Wildman–Crippen LogP) is 3.63. The summed E-state index contributed by atoms with van der Waals surface area (Å²) < 4.78 is 13.3. The molecule has 21 heavy (non-hydrogen) atoms. The van der Waals surface area contributed by atoms with Gasteiger partial charge >= 0.3 is 0 Å².